The number of carbonyl (C=O) groups excluding carboxylic acids is 1. The van der Waals surface area contributed by atoms with Crippen LogP contribution in [0.1, 0.15) is 36.8 Å². The minimum absolute atomic E-state index is 0.000639. The van der Waals surface area contributed by atoms with Crippen LogP contribution >= 0.6 is 0 Å². The maximum Gasteiger partial charge on any atom is 0.315 e. The van der Waals surface area contributed by atoms with Crippen LogP contribution in [0, 0.1) is 0 Å². The Bertz CT molecular complexity index is 483. The van der Waals surface area contributed by atoms with E-state index in [0.717, 1.165) is 45.4 Å². The van der Waals surface area contributed by atoms with Gasteiger partial charge in [-0.3, -0.25) is 4.90 Å². The zero-order valence-electron chi connectivity index (χ0n) is 12.6. The third kappa shape index (κ3) is 3.97. The Morgan fingerprint density at radius 3 is 2.76 bits per heavy atom. The van der Waals surface area contributed by atoms with Gasteiger partial charge in [-0.25, -0.2) is 4.79 Å². The summed E-state index contributed by atoms with van der Waals surface area (Å²) in [4.78, 5) is 14.2. The fourth-order valence-electron chi connectivity index (χ4n) is 3.38. The first-order valence-corrected chi connectivity index (χ1v) is 8.15. The molecule has 1 aliphatic heterocycles. The Labute approximate surface area is 126 Å². The van der Waals surface area contributed by atoms with Crippen LogP contribution in [0.25, 0.3) is 0 Å². The minimum atomic E-state index is -0.000639. The summed E-state index contributed by atoms with van der Waals surface area (Å²) in [7, 11) is 0. The molecule has 1 saturated carbocycles. The third-order valence-electron chi connectivity index (χ3n) is 4.61. The molecular formula is C17H25N3O. The molecule has 1 aromatic carbocycles. The number of benzene rings is 1. The van der Waals surface area contributed by atoms with Crippen LogP contribution in [0.3, 0.4) is 0 Å². The molecule has 0 radical (unpaired) electrons. The first-order chi connectivity index (χ1) is 10.3. The predicted octanol–water partition coefficient (Wildman–Crippen LogP) is 2.29. The van der Waals surface area contributed by atoms with E-state index in [9.17, 15) is 4.79 Å². The monoisotopic (exact) mass is 287 g/mol. The summed E-state index contributed by atoms with van der Waals surface area (Å²) in [5.74, 6) is 0. The molecule has 21 heavy (non-hydrogen) atoms. The highest BCUT2D eigenvalue weighted by Gasteiger charge is 2.18. The van der Waals surface area contributed by atoms with Crippen LogP contribution in [0.2, 0.25) is 0 Å². The van der Waals surface area contributed by atoms with Crippen molar-refractivity contribution in [1.82, 2.24) is 15.5 Å². The molecule has 0 spiro atoms. The van der Waals surface area contributed by atoms with E-state index < -0.39 is 0 Å². The van der Waals surface area contributed by atoms with Gasteiger partial charge < -0.3 is 10.6 Å². The Hall–Kier alpha value is -1.55. The molecule has 0 atom stereocenters. The third-order valence-corrected chi connectivity index (χ3v) is 4.61. The van der Waals surface area contributed by atoms with Crippen molar-refractivity contribution in [1.29, 1.82) is 0 Å². The number of nitrogens with zero attached hydrogens (tertiary/aromatic N) is 1. The van der Waals surface area contributed by atoms with Crippen LogP contribution in [0.5, 0.6) is 0 Å². The number of amides is 2. The Morgan fingerprint density at radius 2 is 1.95 bits per heavy atom. The molecule has 4 heteroatoms. The first kappa shape index (κ1) is 14.4. The van der Waals surface area contributed by atoms with Crippen molar-refractivity contribution in [2.45, 2.75) is 44.7 Å². The van der Waals surface area contributed by atoms with E-state index in [1.165, 1.54) is 24.0 Å². The summed E-state index contributed by atoms with van der Waals surface area (Å²) < 4.78 is 0. The average molecular weight is 287 g/mol. The molecule has 114 valence electrons. The van der Waals surface area contributed by atoms with Crippen molar-refractivity contribution in [2.24, 2.45) is 0 Å². The van der Waals surface area contributed by atoms with Crippen LogP contribution in [0.15, 0.2) is 24.3 Å². The lowest BCUT2D eigenvalue weighted by atomic mass is 10.00. The Morgan fingerprint density at radius 1 is 1.19 bits per heavy atom. The average Bonchev–Trinajstić information content (AvgIpc) is 3.00. The maximum atomic E-state index is 11.8. The van der Waals surface area contributed by atoms with Crippen molar-refractivity contribution in [3.05, 3.63) is 35.4 Å². The lowest BCUT2D eigenvalue weighted by Crippen LogP contribution is -2.44. The van der Waals surface area contributed by atoms with E-state index in [2.05, 4.69) is 39.8 Å². The lowest BCUT2D eigenvalue weighted by molar-refractivity contribution is 0.228. The summed E-state index contributed by atoms with van der Waals surface area (Å²) in [5, 5.41) is 6.05. The van der Waals surface area contributed by atoms with Crippen molar-refractivity contribution < 1.29 is 4.79 Å². The highest BCUT2D eigenvalue weighted by Crippen LogP contribution is 2.18. The molecule has 1 aromatic rings. The molecule has 0 bridgehead atoms. The highest BCUT2D eigenvalue weighted by molar-refractivity contribution is 5.74. The van der Waals surface area contributed by atoms with E-state index in [0.29, 0.717) is 6.04 Å². The molecule has 2 N–H and O–H groups in total. The summed E-state index contributed by atoms with van der Waals surface area (Å²) in [6.07, 6.45) is 5.88. The molecule has 0 aromatic heterocycles. The molecule has 0 unspecified atom stereocenters. The van der Waals surface area contributed by atoms with Crippen molar-refractivity contribution in [3.8, 4) is 0 Å². The van der Waals surface area contributed by atoms with Gasteiger partial charge in [0.2, 0.25) is 0 Å². The Kier molecular flexibility index (Phi) is 4.76. The van der Waals surface area contributed by atoms with Gasteiger partial charge in [-0.15, -0.1) is 0 Å². The van der Waals surface area contributed by atoms with Gasteiger partial charge in [-0.1, -0.05) is 37.1 Å². The molecular weight excluding hydrogens is 262 g/mol. The second-order valence-electron chi connectivity index (χ2n) is 6.18. The van der Waals surface area contributed by atoms with Crippen molar-refractivity contribution in [2.75, 3.05) is 19.6 Å². The van der Waals surface area contributed by atoms with Gasteiger partial charge in [-0.05, 0) is 30.4 Å². The number of rotatable bonds is 4. The van der Waals surface area contributed by atoms with Gasteiger partial charge >= 0.3 is 6.03 Å². The van der Waals surface area contributed by atoms with Gasteiger partial charge in [0.15, 0.2) is 0 Å². The number of nitrogens with one attached hydrogen (secondary N) is 2. The topological polar surface area (TPSA) is 44.4 Å². The smallest absolute Gasteiger partial charge is 0.315 e. The summed E-state index contributed by atoms with van der Waals surface area (Å²) in [6.45, 7) is 3.73. The number of hydrogen-bond donors (Lipinski definition) is 2. The standard InChI is InChI=1S/C17H25N3O/c21-17(19-16-7-3-4-8-16)18-10-12-20-11-9-14-5-1-2-6-15(14)13-20/h1-2,5-6,16H,3-4,7-13H2,(H2,18,19,21). The number of carbonyl (C=O) groups is 1. The SMILES string of the molecule is O=C(NCCN1CCc2ccccc2C1)NC1CCCC1. The van der Waals surface area contributed by atoms with Gasteiger partial charge in [0, 0.05) is 32.2 Å². The summed E-state index contributed by atoms with van der Waals surface area (Å²) in [6, 6.07) is 9.05. The molecule has 4 nitrogen and oxygen atoms in total. The summed E-state index contributed by atoms with van der Waals surface area (Å²) in [5.41, 5.74) is 2.90. The molecule has 2 aliphatic rings. The predicted molar refractivity (Wildman–Crippen MR) is 84.2 cm³/mol. The van der Waals surface area contributed by atoms with Crippen molar-refractivity contribution >= 4 is 6.03 Å². The second-order valence-corrected chi connectivity index (χ2v) is 6.18. The van der Waals surface area contributed by atoms with E-state index in [1.54, 1.807) is 0 Å². The molecule has 1 aliphatic carbocycles. The maximum absolute atomic E-state index is 11.8. The lowest BCUT2D eigenvalue weighted by Gasteiger charge is -2.28. The highest BCUT2D eigenvalue weighted by atomic mass is 16.2. The quantitative estimate of drug-likeness (QED) is 0.892. The molecule has 2 amide bonds. The Balaban J connectivity index is 1.37. The van der Waals surface area contributed by atoms with E-state index >= 15 is 0 Å². The van der Waals surface area contributed by atoms with Crippen LogP contribution in [-0.4, -0.2) is 36.6 Å². The number of hydrogen-bond acceptors (Lipinski definition) is 2. The molecule has 1 heterocycles. The van der Waals surface area contributed by atoms with E-state index in [-0.39, 0.29) is 6.03 Å². The van der Waals surface area contributed by atoms with Gasteiger partial charge in [0.05, 0.1) is 0 Å². The number of urea groups is 1. The van der Waals surface area contributed by atoms with Gasteiger partial charge in [-0.2, -0.15) is 0 Å². The molecule has 3 rings (SSSR count). The fourth-order valence-corrected chi connectivity index (χ4v) is 3.38. The zero-order chi connectivity index (χ0) is 14.5. The first-order valence-electron chi connectivity index (χ1n) is 8.15. The second kappa shape index (κ2) is 6.94. The normalized spacial score (nSPS) is 19.2. The van der Waals surface area contributed by atoms with Crippen LogP contribution in [0.4, 0.5) is 4.79 Å². The van der Waals surface area contributed by atoms with Crippen LogP contribution in [-0.2, 0) is 13.0 Å². The van der Waals surface area contributed by atoms with E-state index in [1.807, 2.05) is 0 Å². The van der Waals surface area contributed by atoms with Gasteiger partial charge in [0.25, 0.3) is 0 Å². The van der Waals surface area contributed by atoms with Crippen LogP contribution < -0.4 is 10.6 Å². The minimum Gasteiger partial charge on any atom is -0.337 e. The largest absolute Gasteiger partial charge is 0.337 e. The number of fused-ring (bicyclic) bond motifs is 1. The summed E-state index contributed by atoms with van der Waals surface area (Å²) >= 11 is 0. The van der Waals surface area contributed by atoms with Gasteiger partial charge in [0.1, 0.15) is 0 Å². The fraction of sp³-hybridized carbons (Fsp3) is 0.588. The molecule has 1 fully saturated rings. The van der Waals surface area contributed by atoms with Crippen molar-refractivity contribution in [3.63, 3.8) is 0 Å². The zero-order valence-corrected chi connectivity index (χ0v) is 12.6. The molecule has 0 saturated heterocycles. The van der Waals surface area contributed by atoms with E-state index in [4.69, 9.17) is 0 Å².